The van der Waals surface area contributed by atoms with Crippen molar-refractivity contribution in [1.29, 1.82) is 0 Å². The monoisotopic (exact) mass is 262 g/mol. The van der Waals surface area contributed by atoms with Crippen molar-refractivity contribution in [2.45, 2.75) is 0 Å². The van der Waals surface area contributed by atoms with Gasteiger partial charge in [-0.2, -0.15) is 0 Å². The van der Waals surface area contributed by atoms with Gasteiger partial charge in [-0.15, -0.1) is 0 Å². The van der Waals surface area contributed by atoms with E-state index in [1.54, 1.807) is 24.3 Å². The molecule has 0 atom stereocenters. The summed E-state index contributed by atoms with van der Waals surface area (Å²) in [4.78, 5) is 2.92. The molecular weight excluding hydrogens is 254 g/mol. The number of hydrogen-bond acceptors (Lipinski definition) is 1. The minimum atomic E-state index is -0.404. The van der Waals surface area contributed by atoms with Gasteiger partial charge in [0.2, 0.25) is 0 Å². The van der Waals surface area contributed by atoms with Crippen LogP contribution in [-0.2, 0) is 0 Å². The normalized spacial score (nSPS) is 11.0. The number of imidazole rings is 1. The highest BCUT2D eigenvalue weighted by Gasteiger charge is 2.10. The summed E-state index contributed by atoms with van der Waals surface area (Å²) >= 11 is 5.16. The molecule has 0 fully saturated rings. The fraction of sp³-hybridized carbons (Fsp3) is 0. The van der Waals surface area contributed by atoms with E-state index < -0.39 is 5.82 Å². The summed E-state index contributed by atoms with van der Waals surface area (Å²) in [6, 6.07) is 10.5. The van der Waals surface area contributed by atoms with Gasteiger partial charge in [0.1, 0.15) is 11.6 Å². The molecule has 0 saturated carbocycles. The molecule has 0 aliphatic rings. The second-order valence-corrected chi connectivity index (χ2v) is 4.27. The molecule has 18 heavy (non-hydrogen) atoms. The van der Waals surface area contributed by atoms with Crippen LogP contribution in [0.2, 0.25) is 0 Å². The highest BCUT2D eigenvalue weighted by molar-refractivity contribution is 7.71. The van der Waals surface area contributed by atoms with Gasteiger partial charge < -0.3 is 4.98 Å². The maximum absolute atomic E-state index is 13.8. The Morgan fingerprint density at radius 1 is 1.06 bits per heavy atom. The van der Waals surface area contributed by atoms with Gasteiger partial charge in [-0.25, -0.2) is 8.78 Å². The number of halogens is 2. The molecule has 5 heteroatoms. The van der Waals surface area contributed by atoms with E-state index in [-0.39, 0.29) is 5.82 Å². The molecule has 0 amide bonds. The summed E-state index contributed by atoms with van der Waals surface area (Å²) in [5, 5.41) is 0. The number of hydrogen-bond donors (Lipinski definition) is 1. The standard InChI is InChI=1S/C13H8F2N2S/c14-8-5-6-10-12(7-8)17(13(18)16-10)11-4-2-1-3-9(11)15/h1-7H,(H,16,18). The van der Waals surface area contributed by atoms with Gasteiger partial charge in [0.05, 0.1) is 16.7 Å². The zero-order valence-corrected chi connectivity index (χ0v) is 9.97. The van der Waals surface area contributed by atoms with E-state index in [0.717, 1.165) is 0 Å². The van der Waals surface area contributed by atoms with Crippen molar-refractivity contribution < 1.29 is 8.78 Å². The maximum Gasteiger partial charge on any atom is 0.182 e. The molecule has 3 aromatic rings. The van der Waals surface area contributed by atoms with Crippen molar-refractivity contribution in [1.82, 2.24) is 9.55 Å². The highest BCUT2D eigenvalue weighted by Crippen LogP contribution is 2.22. The zero-order valence-electron chi connectivity index (χ0n) is 9.15. The zero-order chi connectivity index (χ0) is 12.7. The van der Waals surface area contributed by atoms with Crippen molar-refractivity contribution in [3.63, 3.8) is 0 Å². The molecule has 3 rings (SSSR count). The first-order valence-electron chi connectivity index (χ1n) is 5.32. The largest absolute Gasteiger partial charge is 0.330 e. The minimum Gasteiger partial charge on any atom is -0.330 e. The van der Waals surface area contributed by atoms with Crippen LogP contribution < -0.4 is 0 Å². The van der Waals surface area contributed by atoms with Gasteiger partial charge in [-0.1, -0.05) is 12.1 Å². The number of aromatic amines is 1. The number of fused-ring (bicyclic) bond motifs is 1. The number of rotatable bonds is 1. The number of nitrogens with one attached hydrogen (secondary N) is 1. The lowest BCUT2D eigenvalue weighted by molar-refractivity contribution is 0.617. The number of H-pyrrole nitrogens is 1. The lowest BCUT2D eigenvalue weighted by Crippen LogP contribution is -1.97. The maximum atomic E-state index is 13.8. The number of aromatic nitrogens is 2. The van der Waals surface area contributed by atoms with Crippen LogP contribution in [0.1, 0.15) is 0 Å². The quantitative estimate of drug-likeness (QED) is 0.658. The Hall–Kier alpha value is -2.01. The first-order valence-corrected chi connectivity index (χ1v) is 5.73. The Balaban J connectivity index is 2.42. The SMILES string of the molecule is Fc1ccc2[nH]c(=S)n(-c3ccccc3F)c2c1. The minimum absolute atomic E-state index is 0.305. The van der Waals surface area contributed by atoms with Gasteiger partial charge >= 0.3 is 0 Å². The van der Waals surface area contributed by atoms with Crippen LogP contribution in [0.25, 0.3) is 16.7 Å². The fourth-order valence-electron chi connectivity index (χ4n) is 1.95. The van der Waals surface area contributed by atoms with E-state index in [9.17, 15) is 8.78 Å². The topological polar surface area (TPSA) is 20.7 Å². The molecule has 2 aromatic carbocycles. The summed E-state index contributed by atoms with van der Waals surface area (Å²) in [7, 11) is 0. The molecular formula is C13H8F2N2S. The van der Waals surface area contributed by atoms with Crippen molar-refractivity contribution >= 4 is 23.3 Å². The van der Waals surface area contributed by atoms with E-state index in [1.165, 1.54) is 22.8 Å². The Morgan fingerprint density at radius 2 is 1.83 bits per heavy atom. The van der Waals surface area contributed by atoms with E-state index in [4.69, 9.17) is 12.2 Å². The van der Waals surface area contributed by atoms with Crippen LogP contribution in [0.3, 0.4) is 0 Å². The van der Waals surface area contributed by atoms with Gasteiger partial charge in [0.25, 0.3) is 0 Å². The first-order chi connectivity index (χ1) is 8.66. The van der Waals surface area contributed by atoms with Gasteiger partial charge in [-0.05, 0) is 36.5 Å². The molecule has 0 unspecified atom stereocenters. The molecule has 0 bridgehead atoms. The second-order valence-electron chi connectivity index (χ2n) is 3.88. The molecule has 0 aliphatic heterocycles. The predicted octanol–water partition coefficient (Wildman–Crippen LogP) is 3.97. The summed E-state index contributed by atoms with van der Waals surface area (Å²) in [6.07, 6.45) is 0. The van der Waals surface area contributed by atoms with Crippen LogP contribution in [-0.4, -0.2) is 9.55 Å². The summed E-state index contributed by atoms with van der Waals surface area (Å²) in [5.74, 6) is -0.791. The van der Waals surface area contributed by atoms with Crippen molar-refractivity contribution in [2.75, 3.05) is 0 Å². The second kappa shape index (κ2) is 4.03. The third-order valence-corrected chi connectivity index (χ3v) is 3.02. The van der Waals surface area contributed by atoms with Gasteiger partial charge in [0, 0.05) is 6.07 Å². The van der Waals surface area contributed by atoms with Gasteiger partial charge in [0.15, 0.2) is 4.77 Å². The number of para-hydroxylation sites is 1. The summed E-state index contributed by atoms with van der Waals surface area (Å²) in [5.41, 5.74) is 1.49. The fourth-order valence-corrected chi connectivity index (χ4v) is 2.25. The van der Waals surface area contributed by atoms with Crippen molar-refractivity contribution in [2.24, 2.45) is 0 Å². The molecule has 1 N–H and O–H groups in total. The molecule has 0 spiro atoms. The van der Waals surface area contributed by atoms with Crippen molar-refractivity contribution in [3.05, 3.63) is 58.9 Å². The number of nitrogens with zero attached hydrogens (tertiary/aromatic N) is 1. The third-order valence-electron chi connectivity index (χ3n) is 2.74. The van der Waals surface area contributed by atoms with E-state index in [2.05, 4.69) is 4.98 Å². The highest BCUT2D eigenvalue weighted by atomic mass is 32.1. The lowest BCUT2D eigenvalue weighted by Gasteiger charge is -2.05. The van der Waals surface area contributed by atoms with E-state index in [1.807, 2.05) is 0 Å². The van der Waals surface area contributed by atoms with E-state index in [0.29, 0.717) is 21.5 Å². The van der Waals surface area contributed by atoms with Crippen LogP contribution in [0, 0.1) is 16.4 Å². The Kier molecular flexibility index (Phi) is 2.48. The van der Waals surface area contributed by atoms with Crippen molar-refractivity contribution in [3.8, 4) is 5.69 Å². The van der Waals surface area contributed by atoms with E-state index >= 15 is 0 Å². The van der Waals surface area contributed by atoms with Crippen LogP contribution in [0.15, 0.2) is 42.5 Å². The average Bonchev–Trinajstić information content (AvgIpc) is 2.66. The van der Waals surface area contributed by atoms with Crippen LogP contribution in [0.4, 0.5) is 8.78 Å². The molecule has 0 saturated heterocycles. The van der Waals surface area contributed by atoms with Gasteiger partial charge in [-0.3, -0.25) is 4.57 Å². The average molecular weight is 262 g/mol. The van der Waals surface area contributed by atoms with Crippen LogP contribution in [0.5, 0.6) is 0 Å². The lowest BCUT2D eigenvalue weighted by atomic mass is 10.2. The predicted molar refractivity (Wildman–Crippen MR) is 68.4 cm³/mol. The Morgan fingerprint density at radius 3 is 2.61 bits per heavy atom. The molecule has 90 valence electrons. The molecule has 2 nitrogen and oxygen atoms in total. The molecule has 0 aliphatic carbocycles. The first kappa shape index (κ1) is 11.1. The van der Waals surface area contributed by atoms with Crippen LogP contribution >= 0.6 is 12.2 Å². The molecule has 1 aromatic heterocycles. The Labute approximate surface area is 106 Å². The molecule has 0 radical (unpaired) electrons. The number of benzene rings is 2. The summed E-state index contributed by atoms with van der Waals surface area (Å²) < 4.78 is 28.9. The Bertz CT molecular complexity index is 789. The third kappa shape index (κ3) is 1.64. The summed E-state index contributed by atoms with van der Waals surface area (Å²) in [6.45, 7) is 0. The smallest absolute Gasteiger partial charge is 0.182 e. The molecule has 1 heterocycles.